The number of halogens is 2. The zero-order valence-corrected chi connectivity index (χ0v) is 11.5. The van der Waals surface area contributed by atoms with E-state index < -0.39 is 0 Å². The molecule has 0 fully saturated rings. The molecule has 17 heavy (non-hydrogen) atoms. The quantitative estimate of drug-likeness (QED) is 0.815. The molecule has 0 saturated heterocycles. The van der Waals surface area contributed by atoms with Crippen molar-refractivity contribution in [3.63, 3.8) is 0 Å². The van der Waals surface area contributed by atoms with Crippen LogP contribution in [0, 0.1) is 17.7 Å². The first-order valence-electron chi connectivity index (χ1n) is 6.12. The minimum atomic E-state index is -0.265. The van der Waals surface area contributed by atoms with E-state index in [1.165, 1.54) is 0 Å². The maximum absolute atomic E-state index is 13.8. The summed E-state index contributed by atoms with van der Waals surface area (Å²) in [6.45, 7) is 5.29. The lowest BCUT2D eigenvalue weighted by Crippen LogP contribution is -2.22. The van der Waals surface area contributed by atoms with Gasteiger partial charge in [0, 0.05) is 0 Å². The van der Waals surface area contributed by atoms with Crippen LogP contribution >= 0.6 is 11.6 Å². The molecule has 1 atom stereocenters. The Kier molecular flexibility index (Phi) is 5.93. The second kappa shape index (κ2) is 6.97. The van der Waals surface area contributed by atoms with Gasteiger partial charge in [-0.3, -0.25) is 0 Å². The molecular formula is C14H21ClFN. The van der Waals surface area contributed by atoms with E-state index in [2.05, 4.69) is 19.2 Å². The number of hydrogen-bond acceptors (Lipinski definition) is 1. The van der Waals surface area contributed by atoms with Crippen LogP contribution in [0.15, 0.2) is 18.2 Å². The maximum Gasteiger partial charge on any atom is 0.144 e. The van der Waals surface area contributed by atoms with Gasteiger partial charge in [-0.05, 0) is 49.9 Å². The van der Waals surface area contributed by atoms with E-state index in [4.69, 9.17) is 11.6 Å². The van der Waals surface area contributed by atoms with Crippen molar-refractivity contribution >= 4 is 11.6 Å². The van der Waals surface area contributed by atoms with Crippen molar-refractivity contribution in [1.29, 1.82) is 0 Å². The average Bonchev–Trinajstić information content (AvgIpc) is 2.24. The van der Waals surface area contributed by atoms with Gasteiger partial charge in [0.15, 0.2) is 0 Å². The van der Waals surface area contributed by atoms with Gasteiger partial charge >= 0.3 is 0 Å². The van der Waals surface area contributed by atoms with Crippen LogP contribution in [0.3, 0.4) is 0 Å². The molecular weight excluding hydrogens is 237 g/mol. The van der Waals surface area contributed by atoms with Crippen molar-refractivity contribution in [1.82, 2.24) is 5.32 Å². The highest BCUT2D eigenvalue weighted by molar-refractivity contribution is 6.30. The lowest BCUT2D eigenvalue weighted by Gasteiger charge is -2.19. The van der Waals surface area contributed by atoms with Gasteiger partial charge in [0.1, 0.15) is 5.82 Å². The molecule has 0 heterocycles. The van der Waals surface area contributed by atoms with E-state index in [1.54, 1.807) is 6.07 Å². The van der Waals surface area contributed by atoms with Crippen molar-refractivity contribution in [2.24, 2.45) is 11.8 Å². The van der Waals surface area contributed by atoms with E-state index in [9.17, 15) is 4.39 Å². The molecule has 1 rings (SSSR count). The number of hydrogen-bond donors (Lipinski definition) is 1. The molecule has 0 bridgehead atoms. The van der Waals surface area contributed by atoms with Gasteiger partial charge in [-0.25, -0.2) is 4.39 Å². The molecule has 1 nitrogen and oxygen atoms in total. The van der Waals surface area contributed by atoms with E-state index >= 15 is 0 Å². The first-order chi connectivity index (χ1) is 8.04. The van der Waals surface area contributed by atoms with Crippen molar-refractivity contribution < 1.29 is 4.39 Å². The molecule has 1 unspecified atom stereocenters. The molecule has 0 saturated carbocycles. The zero-order chi connectivity index (χ0) is 12.8. The van der Waals surface area contributed by atoms with E-state index in [-0.39, 0.29) is 10.8 Å². The smallest absolute Gasteiger partial charge is 0.144 e. The SMILES string of the molecule is CNCC(Cc1cccc(Cl)c1F)CC(C)C. The van der Waals surface area contributed by atoms with Gasteiger partial charge < -0.3 is 5.32 Å². The van der Waals surface area contributed by atoms with Crippen molar-refractivity contribution in [2.75, 3.05) is 13.6 Å². The minimum Gasteiger partial charge on any atom is -0.319 e. The summed E-state index contributed by atoms with van der Waals surface area (Å²) in [6.07, 6.45) is 1.83. The predicted molar refractivity (Wildman–Crippen MR) is 72.0 cm³/mol. The van der Waals surface area contributed by atoms with Crippen molar-refractivity contribution in [3.8, 4) is 0 Å². The van der Waals surface area contributed by atoms with Crippen LogP contribution in [0.25, 0.3) is 0 Å². The minimum absolute atomic E-state index is 0.218. The Morgan fingerprint density at radius 1 is 1.35 bits per heavy atom. The summed E-state index contributed by atoms with van der Waals surface area (Å²) in [5.41, 5.74) is 0.721. The number of benzene rings is 1. The van der Waals surface area contributed by atoms with Crippen LogP contribution in [-0.2, 0) is 6.42 Å². The molecule has 1 aromatic rings. The summed E-state index contributed by atoms with van der Waals surface area (Å²) in [7, 11) is 1.93. The Hall–Kier alpha value is -0.600. The second-order valence-corrected chi connectivity index (χ2v) is 5.38. The number of nitrogens with one attached hydrogen (secondary N) is 1. The second-order valence-electron chi connectivity index (χ2n) is 4.97. The van der Waals surface area contributed by atoms with Crippen molar-refractivity contribution in [3.05, 3.63) is 34.6 Å². The molecule has 0 aliphatic carbocycles. The zero-order valence-electron chi connectivity index (χ0n) is 10.8. The molecule has 1 N–H and O–H groups in total. The predicted octanol–water partition coefficient (Wildman–Crippen LogP) is 3.90. The normalized spacial score (nSPS) is 13.1. The summed E-state index contributed by atoms with van der Waals surface area (Å²) >= 11 is 5.79. The summed E-state index contributed by atoms with van der Waals surface area (Å²) in [5.74, 6) is 0.808. The molecule has 0 radical (unpaired) electrons. The summed E-state index contributed by atoms with van der Waals surface area (Å²) in [4.78, 5) is 0. The third kappa shape index (κ3) is 4.64. The van der Waals surface area contributed by atoms with Crippen LogP contribution in [0.1, 0.15) is 25.8 Å². The van der Waals surface area contributed by atoms with Gasteiger partial charge in [0.05, 0.1) is 5.02 Å². The Morgan fingerprint density at radius 3 is 2.65 bits per heavy atom. The summed E-state index contributed by atoms with van der Waals surface area (Å²) in [5, 5.41) is 3.39. The Labute approximate surface area is 108 Å². The maximum atomic E-state index is 13.8. The lowest BCUT2D eigenvalue weighted by molar-refractivity contribution is 0.390. The molecule has 0 aliphatic heterocycles. The van der Waals surface area contributed by atoms with E-state index in [0.29, 0.717) is 11.8 Å². The largest absolute Gasteiger partial charge is 0.319 e. The van der Waals surface area contributed by atoms with Gasteiger partial charge in [0.2, 0.25) is 0 Å². The molecule has 0 aliphatic rings. The molecule has 3 heteroatoms. The molecule has 0 spiro atoms. The topological polar surface area (TPSA) is 12.0 Å². The monoisotopic (exact) mass is 257 g/mol. The Bertz CT molecular complexity index is 352. The third-order valence-corrected chi connectivity index (χ3v) is 3.13. The molecule has 0 amide bonds. The molecule has 96 valence electrons. The van der Waals surface area contributed by atoms with Crippen LogP contribution in [0.5, 0.6) is 0 Å². The van der Waals surface area contributed by atoms with E-state index in [0.717, 1.165) is 24.9 Å². The summed E-state index contributed by atoms with van der Waals surface area (Å²) in [6, 6.07) is 5.23. The number of rotatable bonds is 6. The first-order valence-corrected chi connectivity index (χ1v) is 6.49. The van der Waals surface area contributed by atoms with Gasteiger partial charge in [-0.15, -0.1) is 0 Å². The molecule has 0 aromatic heterocycles. The fourth-order valence-corrected chi connectivity index (χ4v) is 2.41. The Morgan fingerprint density at radius 2 is 2.06 bits per heavy atom. The first kappa shape index (κ1) is 14.5. The van der Waals surface area contributed by atoms with Crippen LogP contribution < -0.4 is 5.32 Å². The van der Waals surface area contributed by atoms with Crippen molar-refractivity contribution in [2.45, 2.75) is 26.7 Å². The van der Waals surface area contributed by atoms with Crippen LogP contribution in [-0.4, -0.2) is 13.6 Å². The standard InChI is InChI=1S/C14H21ClFN/c1-10(2)7-11(9-17-3)8-12-5-4-6-13(15)14(12)16/h4-6,10-11,17H,7-9H2,1-3H3. The van der Waals surface area contributed by atoms with E-state index in [1.807, 2.05) is 19.2 Å². The average molecular weight is 258 g/mol. The fourth-order valence-electron chi connectivity index (χ4n) is 2.21. The summed E-state index contributed by atoms with van der Waals surface area (Å²) < 4.78 is 13.8. The fraction of sp³-hybridized carbons (Fsp3) is 0.571. The highest BCUT2D eigenvalue weighted by Crippen LogP contribution is 2.23. The van der Waals surface area contributed by atoms with Gasteiger partial charge in [-0.2, -0.15) is 0 Å². The molecule has 1 aromatic carbocycles. The third-order valence-electron chi connectivity index (χ3n) is 2.84. The van der Waals surface area contributed by atoms with Crippen LogP contribution in [0.2, 0.25) is 5.02 Å². The highest BCUT2D eigenvalue weighted by Gasteiger charge is 2.14. The van der Waals surface area contributed by atoms with Gasteiger partial charge in [0.25, 0.3) is 0 Å². The lowest BCUT2D eigenvalue weighted by atomic mass is 9.90. The highest BCUT2D eigenvalue weighted by atomic mass is 35.5. The van der Waals surface area contributed by atoms with Gasteiger partial charge in [-0.1, -0.05) is 37.6 Å². The van der Waals surface area contributed by atoms with Crippen LogP contribution in [0.4, 0.5) is 4.39 Å². The Balaban J connectivity index is 2.74.